The second-order valence-corrected chi connectivity index (χ2v) is 8.65. The third-order valence-electron chi connectivity index (χ3n) is 5.55. The number of carbonyl (C=O) groups is 1. The molecule has 1 fully saturated rings. The Morgan fingerprint density at radius 1 is 1.00 bits per heavy atom. The Labute approximate surface area is 174 Å². The zero-order valence-corrected chi connectivity index (χ0v) is 18.1. The van der Waals surface area contributed by atoms with E-state index in [-0.39, 0.29) is 11.4 Å². The van der Waals surface area contributed by atoms with Gasteiger partial charge in [-0.25, -0.2) is 4.79 Å². The number of hydrogen-bond donors (Lipinski definition) is 1. The highest BCUT2D eigenvalue weighted by Gasteiger charge is 2.21. The van der Waals surface area contributed by atoms with E-state index >= 15 is 0 Å². The van der Waals surface area contributed by atoms with Crippen LogP contribution >= 0.6 is 0 Å². The van der Waals surface area contributed by atoms with Crippen molar-refractivity contribution < 1.29 is 9.53 Å². The summed E-state index contributed by atoms with van der Waals surface area (Å²) in [6.07, 6.45) is 0.955. The number of nitrogens with one attached hydrogen (secondary N) is 1. The third-order valence-corrected chi connectivity index (χ3v) is 5.55. The fraction of sp³-hybridized carbons (Fsp3) is 0.458. The summed E-state index contributed by atoms with van der Waals surface area (Å²) in [5.74, 6) is 0.947. The molecule has 2 aromatic rings. The van der Waals surface area contributed by atoms with Gasteiger partial charge in [-0.1, -0.05) is 51.1 Å². The van der Waals surface area contributed by atoms with Crippen LogP contribution in [0.4, 0.5) is 10.5 Å². The molecule has 0 bridgehead atoms. The molecule has 5 nitrogen and oxygen atoms in total. The van der Waals surface area contributed by atoms with Crippen LogP contribution < -0.4 is 10.1 Å². The summed E-state index contributed by atoms with van der Waals surface area (Å²) in [4.78, 5) is 16.9. The summed E-state index contributed by atoms with van der Waals surface area (Å²) in [5, 5.41) is 3.03. The highest BCUT2D eigenvalue weighted by Crippen LogP contribution is 2.23. The lowest BCUT2D eigenvalue weighted by atomic mass is 9.87. The molecule has 29 heavy (non-hydrogen) atoms. The molecule has 2 aromatic carbocycles. The predicted octanol–water partition coefficient (Wildman–Crippen LogP) is 4.38. The van der Waals surface area contributed by atoms with Gasteiger partial charge in [-0.05, 0) is 41.2 Å². The molecule has 1 N–H and O–H groups in total. The number of nitrogens with zero attached hydrogens (tertiary/aromatic N) is 2. The van der Waals surface area contributed by atoms with E-state index in [4.69, 9.17) is 4.74 Å². The Bertz CT molecular complexity index is 804. The maximum atomic E-state index is 12.6. The SMILES string of the molecule is COc1ccccc1CCN1CCN(C(=O)Nc2ccc(C(C)(C)C)cc2)CC1. The minimum atomic E-state index is -0.0158. The van der Waals surface area contributed by atoms with Crippen molar-refractivity contribution in [2.45, 2.75) is 32.6 Å². The second kappa shape index (κ2) is 9.31. The molecule has 1 aliphatic heterocycles. The van der Waals surface area contributed by atoms with Gasteiger partial charge in [-0.2, -0.15) is 0 Å². The first-order valence-electron chi connectivity index (χ1n) is 10.4. The van der Waals surface area contributed by atoms with Gasteiger partial charge in [0.15, 0.2) is 0 Å². The van der Waals surface area contributed by atoms with Crippen LogP contribution in [0.5, 0.6) is 5.75 Å². The Morgan fingerprint density at radius 3 is 2.28 bits per heavy atom. The molecule has 1 heterocycles. The maximum absolute atomic E-state index is 12.6. The molecular weight excluding hydrogens is 362 g/mol. The molecule has 2 amide bonds. The largest absolute Gasteiger partial charge is 0.496 e. The van der Waals surface area contributed by atoms with Crippen molar-refractivity contribution in [3.63, 3.8) is 0 Å². The lowest BCUT2D eigenvalue weighted by Crippen LogP contribution is -2.50. The van der Waals surface area contributed by atoms with Crippen LogP contribution in [0.2, 0.25) is 0 Å². The minimum Gasteiger partial charge on any atom is -0.496 e. The maximum Gasteiger partial charge on any atom is 0.321 e. The smallest absolute Gasteiger partial charge is 0.321 e. The van der Waals surface area contributed by atoms with E-state index in [1.54, 1.807) is 7.11 Å². The quantitative estimate of drug-likeness (QED) is 0.817. The van der Waals surface area contributed by atoms with Gasteiger partial charge >= 0.3 is 6.03 Å². The number of amides is 2. The number of piperazine rings is 1. The summed E-state index contributed by atoms with van der Waals surface area (Å²) in [6.45, 7) is 10.8. The zero-order valence-electron chi connectivity index (χ0n) is 18.1. The van der Waals surface area contributed by atoms with Gasteiger partial charge in [0.2, 0.25) is 0 Å². The molecule has 1 aliphatic rings. The number of methoxy groups -OCH3 is 1. The molecule has 0 spiro atoms. The van der Waals surface area contributed by atoms with Crippen LogP contribution in [-0.2, 0) is 11.8 Å². The number of carbonyl (C=O) groups excluding carboxylic acids is 1. The number of ether oxygens (including phenoxy) is 1. The number of benzene rings is 2. The molecule has 0 radical (unpaired) electrons. The van der Waals surface area contributed by atoms with E-state index in [0.717, 1.165) is 50.6 Å². The predicted molar refractivity (Wildman–Crippen MR) is 119 cm³/mol. The molecule has 0 saturated carbocycles. The molecule has 0 aliphatic carbocycles. The summed E-state index contributed by atoms with van der Waals surface area (Å²) >= 11 is 0. The Morgan fingerprint density at radius 2 is 1.66 bits per heavy atom. The summed E-state index contributed by atoms with van der Waals surface area (Å²) in [5.41, 5.74) is 3.46. The highest BCUT2D eigenvalue weighted by atomic mass is 16.5. The van der Waals surface area contributed by atoms with Crippen molar-refractivity contribution >= 4 is 11.7 Å². The summed E-state index contributed by atoms with van der Waals surface area (Å²) < 4.78 is 5.44. The average molecular weight is 396 g/mol. The Hall–Kier alpha value is -2.53. The number of urea groups is 1. The Kier molecular flexibility index (Phi) is 6.80. The lowest BCUT2D eigenvalue weighted by Gasteiger charge is -2.34. The first-order valence-corrected chi connectivity index (χ1v) is 10.4. The van der Waals surface area contributed by atoms with E-state index in [9.17, 15) is 4.79 Å². The van der Waals surface area contributed by atoms with Crippen LogP contribution in [0, 0.1) is 0 Å². The fourth-order valence-corrected chi connectivity index (χ4v) is 3.62. The van der Waals surface area contributed by atoms with E-state index in [2.05, 4.69) is 49.2 Å². The first-order chi connectivity index (χ1) is 13.9. The van der Waals surface area contributed by atoms with Crippen molar-refractivity contribution in [2.75, 3.05) is 45.2 Å². The van der Waals surface area contributed by atoms with Crippen molar-refractivity contribution in [3.8, 4) is 5.75 Å². The van der Waals surface area contributed by atoms with Crippen LogP contribution in [0.25, 0.3) is 0 Å². The van der Waals surface area contributed by atoms with Crippen LogP contribution in [-0.4, -0.2) is 55.7 Å². The second-order valence-electron chi connectivity index (χ2n) is 8.65. The van der Waals surface area contributed by atoms with E-state index < -0.39 is 0 Å². The number of anilines is 1. The first kappa shape index (κ1) is 21.2. The molecule has 5 heteroatoms. The van der Waals surface area contributed by atoms with Gasteiger partial charge in [-0.15, -0.1) is 0 Å². The van der Waals surface area contributed by atoms with Gasteiger partial charge in [0, 0.05) is 38.4 Å². The van der Waals surface area contributed by atoms with Gasteiger partial charge in [0.05, 0.1) is 7.11 Å². The monoisotopic (exact) mass is 395 g/mol. The number of para-hydroxylation sites is 1. The minimum absolute atomic E-state index is 0.0158. The van der Waals surface area contributed by atoms with Gasteiger partial charge in [0.25, 0.3) is 0 Å². The molecule has 0 aromatic heterocycles. The van der Waals surface area contributed by atoms with Crippen LogP contribution in [0.1, 0.15) is 31.9 Å². The topological polar surface area (TPSA) is 44.8 Å². The molecular formula is C24H33N3O2. The van der Waals surface area contributed by atoms with Crippen molar-refractivity contribution in [1.82, 2.24) is 9.80 Å². The Balaban J connectivity index is 1.46. The van der Waals surface area contributed by atoms with E-state index in [1.807, 2.05) is 35.2 Å². The number of hydrogen-bond acceptors (Lipinski definition) is 3. The normalized spacial score (nSPS) is 15.2. The van der Waals surface area contributed by atoms with Crippen LogP contribution in [0.15, 0.2) is 48.5 Å². The molecule has 0 atom stereocenters. The van der Waals surface area contributed by atoms with E-state index in [1.165, 1.54) is 11.1 Å². The van der Waals surface area contributed by atoms with Crippen molar-refractivity contribution in [2.24, 2.45) is 0 Å². The molecule has 0 unspecified atom stereocenters. The molecule has 3 rings (SSSR count). The summed E-state index contributed by atoms with van der Waals surface area (Å²) in [7, 11) is 1.72. The molecule has 156 valence electrons. The third kappa shape index (κ3) is 5.73. The van der Waals surface area contributed by atoms with Gasteiger partial charge in [-0.3, -0.25) is 4.90 Å². The molecule has 1 saturated heterocycles. The van der Waals surface area contributed by atoms with Gasteiger partial charge in [0.1, 0.15) is 5.75 Å². The van der Waals surface area contributed by atoms with Gasteiger partial charge < -0.3 is 15.0 Å². The highest BCUT2D eigenvalue weighted by molar-refractivity contribution is 5.89. The van der Waals surface area contributed by atoms with E-state index in [0.29, 0.717) is 0 Å². The van der Waals surface area contributed by atoms with Crippen molar-refractivity contribution in [1.29, 1.82) is 0 Å². The lowest BCUT2D eigenvalue weighted by molar-refractivity contribution is 0.148. The average Bonchev–Trinajstić information content (AvgIpc) is 2.72. The summed E-state index contributed by atoms with van der Waals surface area (Å²) in [6, 6.07) is 16.3. The van der Waals surface area contributed by atoms with Crippen molar-refractivity contribution in [3.05, 3.63) is 59.7 Å². The number of rotatable bonds is 5. The zero-order chi connectivity index (χ0) is 20.9. The fourth-order valence-electron chi connectivity index (χ4n) is 3.62. The standard InChI is InChI=1S/C24H33N3O2/c1-24(2,3)20-9-11-21(12-10-20)25-23(28)27-17-15-26(16-18-27)14-13-19-7-5-6-8-22(19)29-4/h5-12H,13-18H2,1-4H3,(H,25,28). The van der Waals surface area contributed by atoms with Crippen LogP contribution in [0.3, 0.4) is 0 Å².